The van der Waals surface area contributed by atoms with Gasteiger partial charge in [0, 0.05) is 25.4 Å². The number of rotatable bonds is 7. The number of halogens is 1. The molecule has 0 saturated carbocycles. The summed E-state index contributed by atoms with van der Waals surface area (Å²) in [4.78, 5) is 24.2. The summed E-state index contributed by atoms with van der Waals surface area (Å²) in [5.74, 6) is -0.140. The Labute approximate surface area is 140 Å². The lowest BCUT2D eigenvalue weighted by atomic mass is 10.1. The first-order valence-electron chi connectivity index (χ1n) is 6.81. The van der Waals surface area contributed by atoms with E-state index in [-0.39, 0.29) is 43.0 Å². The molecule has 1 atom stereocenters. The highest BCUT2D eigenvalue weighted by molar-refractivity contribution is 7.12. The minimum absolute atomic E-state index is 0. The zero-order chi connectivity index (χ0) is 15.1. The summed E-state index contributed by atoms with van der Waals surface area (Å²) >= 11 is 1.40. The molecular formula is C16H19ClN2O2S. The van der Waals surface area contributed by atoms with Gasteiger partial charge in [-0.05, 0) is 17.0 Å². The molecule has 0 bridgehead atoms. The maximum absolute atomic E-state index is 11.8. The van der Waals surface area contributed by atoms with Crippen molar-refractivity contribution in [1.29, 1.82) is 0 Å². The summed E-state index contributed by atoms with van der Waals surface area (Å²) in [5.41, 5.74) is 6.98. The molecule has 0 spiro atoms. The highest BCUT2D eigenvalue weighted by Gasteiger charge is 2.11. The van der Waals surface area contributed by atoms with Crippen LogP contribution in [0.15, 0.2) is 47.8 Å². The second kappa shape index (κ2) is 9.35. The molecule has 6 heteroatoms. The molecule has 1 unspecified atom stereocenters. The third-order valence-electron chi connectivity index (χ3n) is 3.12. The molecule has 0 aliphatic heterocycles. The highest BCUT2D eigenvalue weighted by Crippen LogP contribution is 2.12. The smallest absolute Gasteiger partial charge is 0.220 e. The average Bonchev–Trinajstić information content (AvgIpc) is 3.05. The van der Waals surface area contributed by atoms with E-state index in [1.165, 1.54) is 11.3 Å². The van der Waals surface area contributed by atoms with Crippen LogP contribution in [0, 0.1) is 0 Å². The van der Waals surface area contributed by atoms with E-state index in [0.717, 1.165) is 5.56 Å². The Hall–Kier alpha value is -1.69. The van der Waals surface area contributed by atoms with E-state index in [4.69, 9.17) is 5.73 Å². The number of hydrogen-bond donors (Lipinski definition) is 2. The van der Waals surface area contributed by atoms with E-state index in [2.05, 4.69) is 5.32 Å². The van der Waals surface area contributed by atoms with Crippen molar-refractivity contribution in [3.05, 3.63) is 58.3 Å². The monoisotopic (exact) mass is 338 g/mol. The maximum Gasteiger partial charge on any atom is 0.220 e. The van der Waals surface area contributed by atoms with Crippen molar-refractivity contribution >= 4 is 35.4 Å². The molecule has 0 aliphatic carbocycles. The van der Waals surface area contributed by atoms with Crippen LogP contribution in [0.1, 0.15) is 34.1 Å². The number of carbonyl (C=O) groups is 2. The molecule has 4 nitrogen and oxygen atoms in total. The molecule has 0 saturated heterocycles. The predicted octanol–water partition coefficient (Wildman–Crippen LogP) is 2.95. The van der Waals surface area contributed by atoms with Gasteiger partial charge in [0.05, 0.1) is 4.88 Å². The van der Waals surface area contributed by atoms with Crippen LogP contribution in [-0.4, -0.2) is 18.2 Å². The zero-order valence-corrected chi connectivity index (χ0v) is 13.7. The molecule has 22 heavy (non-hydrogen) atoms. The number of nitrogens with one attached hydrogen (secondary N) is 1. The first-order valence-corrected chi connectivity index (χ1v) is 7.68. The average molecular weight is 339 g/mol. The van der Waals surface area contributed by atoms with Crippen molar-refractivity contribution in [2.75, 3.05) is 6.54 Å². The fourth-order valence-corrected chi connectivity index (χ4v) is 2.61. The van der Waals surface area contributed by atoms with Crippen LogP contribution in [0.25, 0.3) is 0 Å². The van der Waals surface area contributed by atoms with Crippen molar-refractivity contribution in [1.82, 2.24) is 5.32 Å². The van der Waals surface area contributed by atoms with Crippen LogP contribution >= 0.6 is 23.7 Å². The quantitative estimate of drug-likeness (QED) is 0.762. The summed E-state index contributed by atoms with van der Waals surface area (Å²) in [6.45, 7) is 0.371. The number of Topliss-reactive ketones (excluding diaryl/α,β-unsaturated/α-hetero) is 1. The number of nitrogens with two attached hydrogens (primary N) is 1. The molecular weight excluding hydrogens is 320 g/mol. The lowest BCUT2D eigenvalue weighted by Gasteiger charge is -2.12. The van der Waals surface area contributed by atoms with E-state index >= 15 is 0 Å². The maximum atomic E-state index is 11.8. The van der Waals surface area contributed by atoms with Crippen LogP contribution < -0.4 is 11.1 Å². The normalized spacial score (nSPS) is 11.3. The topological polar surface area (TPSA) is 72.2 Å². The van der Waals surface area contributed by atoms with Gasteiger partial charge in [0.15, 0.2) is 5.78 Å². The third kappa shape index (κ3) is 5.60. The summed E-state index contributed by atoms with van der Waals surface area (Å²) in [6.07, 6.45) is 0.422. The van der Waals surface area contributed by atoms with Gasteiger partial charge in [-0.15, -0.1) is 23.7 Å². The molecule has 0 radical (unpaired) electrons. The molecule has 1 amide bonds. The Bertz CT molecular complexity index is 587. The van der Waals surface area contributed by atoms with Crippen LogP contribution in [-0.2, 0) is 4.79 Å². The zero-order valence-electron chi connectivity index (χ0n) is 12.0. The van der Waals surface area contributed by atoms with Gasteiger partial charge in [0.1, 0.15) is 0 Å². The van der Waals surface area contributed by atoms with Gasteiger partial charge in [0.2, 0.25) is 5.91 Å². The van der Waals surface area contributed by atoms with Crippen LogP contribution in [0.4, 0.5) is 0 Å². The van der Waals surface area contributed by atoms with Gasteiger partial charge < -0.3 is 11.1 Å². The second-order valence-electron chi connectivity index (χ2n) is 4.72. The first-order chi connectivity index (χ1) is 10.2. The van der Waals surface area contributed by atoms with Gasteiger partial charge in [-0.1, -0.05) is 36.4 Å². The van der Waals surface area contributed by atoms with Crippen molar-refractivity contribution in [3.63, 3.8) is 0 Å². The van der Waals surface area contributed by atoms with E-state index in [1.807, 2.05) is 41.8 Å². The van der Waals surface area contributed by atoms with Gasteiger partial charge in [-0.2, -0.15) is 0 Å². The molecule has 1 aromatic carbocycles. The van der Waals surface area contributed by atoms with Crippen molar-refractivity contribution in [3.8, 4) is 0 Å². The molecule has 2 aromatic rings. The van der Waals surface area contributed by atoms with Crippen LogP contribution in [0.3, 0.4) is 0 Å². The highest BCUT2D eigenvalue weighted by atomic mass is 35.5. The van der Waals surface area contributed by atoms with E-state index in [1.54, 1.807) is 6.07 Å². The molecule has 1 heterocycles. The van der Waals surface area contributed by atoms with Crippen molar-refractivity contribution < 1.29 is 9.59 Å². The summed E-state index contributed by atoms with van der Waals surface area (Å²) in [6, 6.07) is 13.0. The predicted molar refractivity (Wildman–Crippen MR) is 91.5 cm³/mol. The number of amides is 1. The molecule has 1 aromatic heterocycles. The van der Waals surface area contributed by atoms with Gasteiger partial charge in [-0.3, -0.25) is 9.59 Å². The molecule has 0 aliphatic rings. The fourth-order valence-electron chi connectivity index (χ4n) is 1.92. The molecule has 2 rings (SSSR count). The second-order valence-corrected chi connectivity index (χ2v) is 5.67. The molecule has 118 valence electrons. The standard InChI is InChI=1S/C16H18N2O2S.ClH/c17-13(12-5-2-1-3-6-12)11-18-16(20)9-8-14(19)15-7-4-10-21-15;/h1-7,10,13H,8-9,11,17H2,(H,18,20);1H. The van der Waals surface area contributed by atoms with E-state index in [9.17, 15) is 9.59 Å². The number of hydrogen-bond acceptors (Lipinski definition) is 4. The number of benzene rings is 1. The number of carbonyl (C=O) groups excluding carboxylic acids is 2. The van der Waals surface area contributed by atoms with Crippen LogP contribution in [0.2, 0.25) is 0 Å². The van der Waals surface area contributed by atoms with E-state index < -0.39 is 0 Å². The van der Waals surface area contributed by atoms with Crippen molar-refractivity contribution in [2.24, 2.45) is 5.73 Å². The van der Waals surface area contributed by atoms with Gasteiger partial charge in [0.25, 0.3) is 0 Å². The van der Waals surface area contributed by atoms with Gasteiger partial charge >= 0.3 is 0 Å². The van der Waals surface area contributed by atoms with Crippen LogP contribution in [0.5, 0.6) is 0 Å². The molecule has 3 N–H and O–H groups in total. The summed E-state index contributed by atoms with van der Waals surface area (Å²) < 4.78 is 0. The summed E-state index contributed by atoms with van der Waals surface area (Å²) in [5, 5.41) is 4.62. The third-order valence-corrected chi connectivity index (χ3v) is 4.03. The Kier molecular flexibility index (Phi) is 7.80. The Morgan fingerprint density at radius 1 is 1.09 bits per heavy atom. The fraction of sp³-hybridized carbons (Fsp3) is 0.250. The lowest BCUT2D eigenvalue weighted by Crippen LogP contribution is -2.32. The Morgan fingerprint density at radius 2 is 1.82 bits per heavy atom. The molecule has 0 fully saturated rings. The minimum atomic E-state index is -0.233. The number of ketones is 1. The van der Waals surface area contributed by atoms with Gasteiger partial charge in [-0.25, -0.2) is 0 Å². The number of thiophene rings is 1. The Balaban J connectivity index is 0.00000242. The Morgan fingerprint density at radius 3 is 2.45 bits per heavy atom. The first kappa shape index (κ1) is 18.4. The van der Waals surface area contributed by atoms with Crippen molar-refractivity contribution in [2.45, 2.75) is 18.9 Å². The van der Waals surface area contributed by atoms with E-state index in [0.29, 0.717) is 11.4 Å². The summed E-state index contributed by atoms with van der Waals surface area (Å²) in [7, 11) is 0. The largest absolute Gasteiger partial charge is 0.354 e. The lowest BCUT2D eigenvalue weighted by molar-refractivity contribution is -0.121. The SMILES string of the molecule is Cl.NC(CNC(=O)CCC(=O)c1cccs1)c1ccccc1. The minimum Gasteiger partial charge on any atom is -0.354 e.